The molecular weight excluding hydrogens is 341 g/mol. The number of halogens is 3. The largest absolute Gasteiger partial charge is 0.446 e. The number of rotatable bonds is 4. The summed E-state index contributed by atoms with van der Waals surface area (Å²) in [5, 5.41) is 10.6. The van der Waals surface area contributed by atoms with E-state index in [2.05, 4.69) is 15.5 Å². The van der Waals surface area contributed by atoms with Crippen molar-refractivity contribution >= 4 is 23.3 Å². The average Bonchev–Trinajstić information content (AvgIpc) is 2.95. The molecule has 0 aliphatic heterocycles. The first kappa shape index (κ1) is 16.3. The number of thioether (sulfide) groups is 1. The van der Waals surface area contributed by atoms with Crippen LogP contribution in [-0.2, 0) is 6.54 Å². The lowest BCUT2D eigenvalue weighted by atomic mass is 10.2. The fourth-order valence-electron chi connectivity index (χ4n) is 2.08. The fraction of sp³-hybridized carbons (Fsp3) is 0.133. The molecule has 2 heterocycles. The Kier molecular flexibility index (Phi) is 4.43. The molecule has 124 valence electrons. The highest BCUT2D eigenvalue weighted by Crippen LogP contribution is 2.36. The quantitative estimate of drug-likeness (QED) is 0.732. The summed E-state index contributed by atoms with van der Waals surface area (Å²) >= 11 is -0.219. The van der Waals surface area contributed by atoms with Gasteiger partial charge in [0.2, 0.25) is 0 Å². The molecule has 3 rings (SSSR count). The van der Waals surface area contributed by atoms with Crippen LogP contribution in [0.5, 0.6) is 0 Å². The second-order valence-electron chi connectivity index (χ2n) is 4.80. The van der Waals surface area contributed by atoms with Crippen LogP contribution in [0.3, 0.4) is 0 Å². The van der Waals surface area contributed by atoms with Crippen LogP contribution in [-0.4, -0.2) is 26.0 Å². The van der Waals surface area contributed by atoms with Crippen LogP contribution in [0.25, 0.3) is 5.65 Å². The zero-order valence-electron chi connectivity index (χ0n) is 12.1. The zero-order valence-corrected chi connectivity index (χ0v) is 12.9. The molecule has 9 heteroatoms. The molecule has 0 fully saturated rings. The van der Waals surface area contributed by atoms with Crippen molar-refractivity contribution in [2.24, 2.45) is 0 Å². The van der Waals surface area contributed by atoms with Crippen LogP contribution in [0.2, 0.25) is 0 Å². The number of carbonyl (C=O) groups is 1. The van der Waals surface area contributed by atoms with Crippen molar-refractivity contribution in [2.45, 2.75) is 16.9 Å². The molecular formula is C15H11F3N4OS. The van der Waals surface area contributed by atoms with Gasteiger partial charge >= 0.3 is 5.51 Å². The summed E-state index contributed by atoms with van der Waals surface area (Å²) in [6, 6.07) is 10.7. The summed E-state index contributed by atoms with van der Waals surface area (Å²) in [5.41, 5.74) is -3.41. The smallest absolute Gasteiger partial charge is 0.345 e. The number of hydrogen-bond acceptors (Lipinski definition) is 4. The van der Waals surface area contributed by atoms with E-state index in [1.165, 1.54) is 24.3 Å². The van der Waals surface area contributed by atoms with Gasteiger partial charge in [-0.25, -0.2) is 0 Å². The Morgan fingerprint density at radius 3 is 2.58 bits per heavy atom. The topological polar surface area (TPSA) is 59.3 Å². The van der Waals surface area contributed by atoms with Crippen molar-refractivity contribution in [1.29, 1.82) is 0 Å². The number of carbonyl (C=O) groups excluding carboxylic acids is 1. The molecule has 0 radical (unpaired) electrons. The third kappa shape index (κ3) is 3.85. The molecule has 1 amide bonds. The second-order valence-corrected chi connectivity index (χ2v) is 5.94. The lowest BCUT2D eigenvalue weighted by Crippen LogP contribution is -2.23. The molecule has 2 aromatic heterocycles. The Morgan fingerprint density at radius 1 is 1.12 bits per heavy atom. The van der Waals surface area contributed by atoms with E-state index in [0.717, 1.165) is 0 Å². The Labute approximate surface area is 138 Å². The van der Waals surface area contributed by atoms with Crippen molar-refractivity contribution in [2.75, 3.05) is 0 Å². The van der Waals surface area contributed by atoms with Crippen LogP contribution in [0.15, 0.2) is 53.6 Å². The number of fused-ring (bicyclic) bond motifs is 1. The van der Waals surface area contributed by atoms with Crippen molar-refractivity contribution < 1.29 is 18.0 Å². The van der Waals surface area contributed by atoms with Gasteiger partial charge in [-0.05, 0) is 48.2 Å². The normalized spacial score (nSPS) is 11.6. The lowest BCUT2D eigenvalue weighted by molar-refractivity contribution is -0.0328. The zero-order chi connectivity index (χ0) is 17.2. The van der Waals surface area contributed by atoms with E-state index < -0.39 is 11.4 Å². The number of alkyl halides is 3. The number of nitrogens with one attached hydrogen (secondary N) is 1. The van der Waals surface area contributed by atoms with Crippen LogP contribution in [0.4, 0.5) is 13.2 Å². The van der Waals surface area contributed by atoms with E-state index in [9.17, 15) is 18.0 Å². The molecule has 1 aromatic carbocycles. The van der Waals surface area contributed by atoms with Gasteiger partial charge < -0.3 is 5.32 Å². The first-order valence-corrected chi connectivity index (χ1v) is 7.67. The van der Waals surface area contributed by atoms with E-state index in [-0.39, 0.29) is 28.8 Å². The summed E-state index contributed by atoms with van der Waals surface area (Å²) in [4.78, 5) is 12.1. The van der Waals surface area contributed by atoms with Crippen LogP contribution < -0.4 is 5.32 Å². The third-order valence-electron chi connectivity index (χ3n) is 3.14. The molecule has 0 aliphatic rings. The molecule has 3 aromatic rings. The Bertz CT molecular complexity index is 861. The summed E-state index contributed by atoms with van der Waals surface area (Å²) < 4.78 is 38.6. The Morgan fingerprint density at radius 2 is 1.88 bits per heavy atom. The van der Waals surface area contributed by atoms with Gasteiger partial charge in [-0.2, -0.15) is 13.2 Å². The molecule has 0 spiro atoms. The van der Waals surface area contributed by atoms with Gasteiger partial charge in [0.25, 0.3) is 5.91 Å². The van der Waals surface area contributed by atoms with Gasteiger partial charge in [0.1, 0.15) is 0 Å². The molecule has 24 heavy (non-hydrogen) atoms. The molecule has 1 N–H and O–H groups in total. The number of benzene rings is 1. The van der Waals surface area contributed by atoms with E-state index in [1.807, 2.05) is 12.1 Å². The lowest BCUT2D eigenvalue weighted by Gasteiger charge is -2.07. The second kappa shape index (κ2) is 6.52. The van der Waals surface area contributed by atoms with E-state index in [4.69, 9.17) is 0 Å². The van der Waals surface area contributed by atoms with Gasteiger partial charge in [-0.15, -0.1) is 10.2 Å². The number of nitrogens with zero attached hydrogens (tertiary/aromatic N) is 3. The van der Waals surface area contributed by atoms with Gasteiger partial charge in [0, 0.05) is 16.7 Å². The predicted octanol–water partition coefficient (Wildman–Crippen LogP) is 3.27. The number of aromatic nitrogens is 3. The standard InChI is InChI=1S/C15H11F3N4OS/c16-15(17,18)24-11-6-4-10(5-7-11)14(23)19-9-13-21-20-12-3-1-2-8-22(12)13/h1-8H,9H2,(H,19,23). The Hall–Kier alpha value is -2.55. The minimum absolute atomic E-state index is 0.0301. The molecule has 5 nitrogen and oxygen atoms in total. The highest BCUT2D eigenvalue weighted by molar-refractivity contribution is 8.00. The van der Waals surface area contributed by atoms with Crippen molar-refractivity contribution in [3.63, 3.8) is 0 Å². The minimum Gasteiger partial charge on any atom is -0.345 e. The van der Waals surface area contributed by atoms with Crippen molar-refractivity contribution in [3.05, 3.63) is 60.0 Å². The molecule has 0 saturated carbocycles. The molecule has 0 atom stereocenters. The predicted molar refractivity (Wildman–Crippen MR) is 82.5 cm³/mol. The van der Waals surface area contributed by atoms with Gasteiger partial charge in [0.15, 0.2) is 11.5 Å². The summed E-state index contributed by atoms with van der Waals surface area (Å²) in [5.74, 6) is 0.162. The fourth-order valence-corrected chi connectivity index (χ4v) is 2.62. The van der Waals surface area contributed by atoms with Crippen LogP contribution >= 0.6 is 11.8 Å². The Balaban J connectivity index is 1.65. The number of hydrogen-bond donors (Lipinski definition) is 1. The maximum Gasteiger partial charge on any atom is 0.446 e. The minimum atomic E-state index is -4.35. The van der Waals surface area contributed by atoms with Gasteiger partial charge in [0.05, 0.1) is 6.54 Å². The monoisotopic (exact) mass is 352 g/mol. The number of amides is 1. The average molecular weight is 352 g/mol. The van der Waals surface area contributed by atoms with Gasteiger partial charge in [-0.3, -0.25) is 9.20 Å². The summed E-state index contributed by atoms with van der Waals surface area (Å²) in [7, 11) is 0. The highest BCUT2D eigenvalue weighted by atomic mass is 32.2. The highest BCUT2D eigenvalue weighted by Gasteiger charge is 2.29. The maximum atomic E-state index is 12.3. The van der Waals surface area contributed by atoms with Gasteiger partial charge in [-0.1, -0.05) is 6.07 Å². The first-order chi connectivity index (χ1) is 11.4. The van der Waals surface area contributed by atoms with E-state index in [0.29, 0.717) is 11.5 Å². The molecule has 0 saturated heterocycles. The summed E-state index contributed by atoms with van der Waals surface area (Å²) in [6.45, 7) is 0.156. The molecule has 0 unspecified atom stereocenters. The molecule has 0 bridgehead atoms. The van der Waals surface area contributed by atoms with E-state index in [1.54, 1.807) is 16.7 Å². The van der Waals surface area contributed by atoms with Crippen LogP contribution in [0.1, 0.15) is 16.2 Å². The van der Waals surface area contributed by atoms with Crippen LogP contribution in [0, 0.1) is 0 Å². The van der Waals surface area contributed by atoms with Crippen molar-refractivity contribution in [3.8, 4) is 0 Å². The molecule has 0 aliphatic carbocycles. The number of pyridine rings is 1. The SMILES string of the molecule is O=C(NCc1nnc2ccccn12)c1ccc(SC(F)(F)F)cc1. The first-order valence-electron chi connectivity index (χ1n) is 6.85. The maximum absolute atomic E-state index is 12.3. The van der Waals surface area contributed by atoms with Crippen molar-refractivity contribution in [1.82, 2.24) is 19.9 Å². The third-order valence-corrected chi connectivity index (χ3v) is 3.88. The van der Waals surface area contributed by atoms with E-state index >= 15 is 0 Å². The summed E-state index contributed by atoms with van der Waals surface area (Å²) in [6.07, 6.45) is 1.78.